The van der Waals surface area contributed by atoms with Gasteiger partial charge in [-0.1, -0.05) is 33.6 Å². The van der Waals surface area contributed by atoms with Crippen molar-refractivity contribution in [3.63, 3.8) is 0 Å². The lowest BCUT2D eigenvalue weighted by Crippen LogP contribution is -2.45. The van der Waals surface area contributed by atoms with Gasteiger partial charge >= 0.3 is 0 Å². The molecule has 3 nitrogen and oxygen atoms in total. The maximum Gasteiger partial charge on any atom is 0.237 e. The number of carbonyl (C=O) groups is 1. The maximum absolute atomic E-state index is 11.7. The summed E-state index contributed by atoms with van der Waals surface area (Å²) in [6.07, 6.45) is 3.48. The molecule has 1 atom stereocenters. The Morgan fingerprint density at radius 1 is 1.20 bits per heavy atom. The summed E-state index contributed by atoms with van der Waals surface area (Å²) < 4.78 is 0. The lowest BCUT2D eigenvalue weighted by atomic mass is 10.2. The van der Waals surface area contributed by atoms with Gasteiger partial charge in [-0.05, 0) is 26.4 Å². The Labute approximate surface area is 94.2 Å². The zero-order valence-corrected chi connectivity index (χ0v) is 10.7. The standard InChI is InChI=1S/C12H26N2O/c1-5-8-9-10-13-12(15)11(4)14(6-2)7-3/h11H,5-10H2,1-4H3,(H,13,15). The Balaban J connectivity index is 3.77. The molecule has 0 bridgehead atoms. The second-order valence-electron chi connectivity index (χ2n) is 3.90. The monoisotopic (exact) mass is 214 g/mol. The maximum atomic E-state index is 11.7. The molecule has 1 unspecified atom stereocenters. The number of nitrogens with zero attached hydrogens (tertiary/aromatic N) is 1. The van der Waals surface area contributed by atoms with Crippen LogP contribution in [-0.2, 0) is 4.79 Å². The van der Waals surface area contributed by atoms with E-state index in [1.54, 1.807) is 0 Å². The normalized spacial score (nSPS) is 12.9. The van der Waals surface area contributed by atoms with E-state index in [9.17, 15) is 4.79 Å². The van der Waals surface area contributed by atoms with Gasteiger partial charge in [0.1, 0.15) is 0 Å². The third-order valence-electron chi connectivity index (χ3n) is 2.82. The average Bonchev–Trinajstić information content (AvgIpc) is 2.25. The van der Waals surface area contributed by atoms with Crippen molar-refractivity contribution >= 4 is 5.91 Å². The van der Waals surface area contributed by atoms with E-state index in [0.29, 0.717) is 0 Å². The Kier molecular flexibility index (Phi) is 8.38. The Morgan fingerprint density at radius 3 is 2.27 bits per heavy atom. The molecule has 0 aliphatic carbocycles. The van der Waals surface area contributed by atoms with Gasteiger partial charge in [-0.3, -0.25) is 9.69 Å². The van der Waals surface area contributed by atoms with Crippen LogP contribution < -0.4 is 5.32 Å². The minimum Gasteiger partial charge on any atom is -0.355 e. The fourth-order valence-corrected chi connectivity index (χ4v) is 1.67. The van der Waals surface area contributed by atoms with E-state index in [0.717, 1.165) is 26.1 Å². The minimum absolute atomic E-state index is 0.00151. The van der Waals surface area contributed by atoms with Gasteiger partial charge in [-0.2, -0.15) is 0 Å². The smallest absolute Gasteiger partial charge is 0.237 e. The molecule has 15 heavy (non-hydrogen) atoms. The number of carbonyl (C=O) groups excluding carboxylic acids is 1. The number of nitrogens with one attached hydrogen (secondary N) is 1. The number of amides is 1. The van der Waals surface area contributed by atoms with Crippen molar-refractivity contribution in [3.05, 3.63) is 0 Å². The molecule has 0 rings (SSSR count). The van der Waals surface area contributed by atoms with Crippen LogP contribution in [0.3, 0.4) is 0 Å². The van der Waals surface area contributed by atoms with Crippen molar-refractivity contribution in [3.8, 4) is 0 Å². The summed E-state index contributed by atoms with van der Waals surface area (Å²) in [5, 5.41) is 2.99. The van der Waals surface area contributed by atoms with E-state index in [1.165, 1.54) is 12.8 Å². The highest BCUT2D eigenvalue weighted by Crippen LogP contribution is 1.98. The van der Waals surface area contributed by atoms with Crippen molar-refractivity contribution in [2.75, 3.05) is 19.6 Å². The molecule has 1 N–H and O–H groups in total. The molecule has 0 aromatic carbocycles. The number of hydrogen-bond donors (Lipinski definition) is 1. The third-order valence-corrected chi connectivity index (χ3v) is 2.82. The quantitative estimate of drug-likeness (QED) is 0.627. The molecular weight excluding hydrogens is 188 g/mol. The van der Waals surface area contributed by atoms with Crippen molar-refractivity contribution in [1.29, 1.82) is 0 Å². The third kappa shape index (κ3) is 5.78. The van der Waals surface area contributed by atoms with Crippen LogP contribution in [-0.4, -0.2) is 36.5 Å². The highest BCUT2D eigenvalue weighted by molar-refractivity contribution is 5.81. The van der Waals surface area contributed by atoms with Crippen molar-refractivity contribution in [2.24, 2.45) is 0 Å². The van der Waals surface area contributed by atoms with E-state index >= 15 is 0 Å². The second kappa shape index (κ2) is 8.72. The van der Waals surface area contributed by atoms with Gasteiger partial charge in [-0.25, -0.2) is 0 Å². The van der Waals surface area contributed by atoms with Crippen LogP contribution in [0.15, 0.2) is 0 Å². The van der Waals surface area contributed by atoms with E-state index in [4.69, 9.17) is 0 Å². The summed E-state index contributed by atoms with van der Waals surface area (Å²) in [5.74, 6) is 0.162. The number of hydrogen-bond acceptors (Lipinski definition) is 2. The van der Waals surface area contributed by atoms with E-state index in [-0.39, 0.29) is 11.9 Å². The second-order valence-corrected chi connectivity index (χ2v) is 3.90. The summed E-state index contributed by atoms with van der Waals surface area (Å²) in [7, 11) is 0. The summed E-state index contributed by atoms with van der Waals surface area (Å²) in [6, 6.07) is 0.00151. The lowest BCUT2D eigenvalue weighted by molar-refractivity contribution is -0.125. The van der Waals surface area contributed by atoms with Gasteiger partial charge in [0.15, 0.2) is 0 Å². The largest absolute Gasteiger partial charge is 0.355 e. The Morgan fingerprint density at radius 2 is 1.80 bits per heavy atom. The summed E-state index contributed by atoms with van der Waals surface area (Å²) in [4.78, 5) is 13.9. The molecule has 0 aromatic heterocycles. The van der Waals surface area contributed by atoms with Crippen LogP contribution in [0.1, 0.15) is 47.0 Å². The number of likely N-dealkylation sites (N-methyl/N-ethyl adjacent to an activating group) is 1. The van der Waals surface area contributed by atoms with Crippen molar-refractivity contribution < 1.29 is 4.79 Å². The highest BCUT2D eigenvalue weighted by atomic mass is 16.2. The van der Waals surface area contributed by atoms with Gasteiger partial charge in [-0.15, -0.1) is 0 Å². The fourth-order valence-electron chi connectivity index (χ4n) is 1.67. The highest BCUT2D eigenvalue weighted by Gasteiger charge is 2.17. The van der Waals surface area contributed by atoms with Gasteiger partial charge in [0, 0.05) is 6.54 Å². The molecule has 90 valence electrons. The fraction of sp³-hybridized carbons (Fsp3) is 0.917. The van der Waals surface area contributed by atoms with Crippen molar-refractivity contribution in [2.45, 2.75) is 53.0 Å². The van der Waals surface area contributed by atoms with Crippen LogP contribution in [0.4, 0.5) is 0 Å². The molecule has 3 heteroatoms. The Bertz CT molecular complexity index is 167. The molecule has 1 amide bonds. The predicted molar refractivity (Wildman–Crippen MR) is 64.9 cm³/mol. The summed E-state index contributed by atoms with van der Waals surface area (Å²) >= 11 is 0. The molecule has 0 heterocycles. The molecular formula is C12H26N2O. The molecule has 0 radical (unpaired) electrons. The van der Waals surface area contributed by atoms with Crippen LogP contribution in [0, 0.1) is 0 Å². The van der Waals surface area contributed by atoms with Gasteiger partial charge in [0.2, 0.25) is 5.91 Å². The summed E-state index contributed by atoms with van der Waals surface area (Å²) in [5.41, 5.74) is 0. The first-order chi connectivity index (χ1) is 7.17. The molecule has 0 aromatic rings. The lowest BCUT2D eigenvalue weighted by Gasteiger charge is -2.25. The molecule has 0 aliphatic rings. The minimum atomic E-state index is 0.00151. The first-order valence-electron chi connectivity index (χ1n) is 6.19. The van der Waals surface area contributed by atoms with Gasteiger partial charge < -0.3 is 5.32 Å². The molecule has 0 spiro atoms. The molecule has 0 saturated heterocycles. The molecule has 0 saturated carbocycles. The zero-order valence-electron chi connectivity index (χ0n) is 10.7. The topological polar surface area (TPSA) is 32.3 Å². The predicted octanol–water partition coefficient (Wildman–Crippen LogP) is 2.02. The van der Waals surface area contributed by atoms with Crippen LogP contribution in [0.2, 0.25) is 0 Å². The SMILES string of the molecule is CCCCCNC(=O)C(C)N(CC)CC. The van der Waals surface area contributed by atoms with E-state index in [2.05, 4.69) is 31.0 Å². The van der Waals surface area contributed by atoms with Gasteiger partial charge in [0.25, 0.3) is 0 Å². The Hall–Kier alpha value is -0.570. The number of rotatable bonds is 8. The summed E-state index contributed by atoms with van der Waals surface area (Å²) in [6.45, 7) is 11.0. The van der Waals surface area contributed by atoms with Crippen molar-refractivity contribution in [1.82, 2.24) is 10.2 Å². The first-order valence-corrected chi connectivity index (χ1v) is 6.19. The average molecular weight is 214 g/mol. The van der Waals surface area contributed by atoms with Gasteiger partial charge in [0.05, 0.1) is 6.04 Å². The molecule has 0 fully saturated rings. The van der Waals surface area contributed by atoms with Crippen LogP contribution >= 0.6 is 0 Å². The molecule has 0 aliphatic heterocycles. The van der Waals surface area contributed by atoms with E-state index < -0.39 is 0 Å². The zero-order chi connectivity index (χ0) is 11.7. The van der Waals surface area contributed by atoms with Crippen LogP contribution in [0.5, 0.6) is 0 Å². The van der Waals surface area contributed by atoms with E-state index in [1.807, 2.05) is 6.92 Å². The van der Waals surface area contributed by atoms with Crippen LogP contribution in [0.25, 0.3) is 0 Å². The first kappa shape index (κ1) is 14.4. The number of unbranched alkanes of at least 4 members (excludes halogenated alkanes) is 2.